The first-order chi connectivity index (χ1) is 10.8. The Kier molecular flexibility index (Phi) is 4.01. The Morgan fingerprint density at radius 3 is 2.50 bits per heavy atom. The number of nitrogens with one attached hydrogen (secondary N) is 2. The predicted molar refractivity (Wildman–Crippen MR) is 83.3 cm³/mol. The molecule has 0 aliphatic rings. The van der Waals surface area contributed by atoms with E-state index < -0.39 is 0 Å². The third-order valence-corrected chi connectivity index (χ3v) is 2.82. The van der Waals surface area contributed by atoms with E-state index in [2.05, 4.69) is 35.6 Å². The third kappa shape index (κ3) is 3.63. The van der Waals surface area contributed by atoms with E-state index in [-0.39, 0.29) is 0 Å². The number of hydrogen-bond donors (Lipinski definition) is 3. The highest BCUT2D eigenvalue weighted by atomic mass is 15.1. The Labute approximate surface area is 126 Å². The molecule has 3 rings (SSSR count). The zero-order valence-corrected chi connectivity index (χ0v) is 11.6. The summed E-state index contributed by atoms with van der Waals surface area (Å²) in [6.07, 6.45) is 8.00. The minimum Gasteiger partial charge on any atom is -0.382 e. The zero-order chi connectivity index (χ0) is 15.2. The minimum atomic E-state index is 0.368. The van der Waals surface area contributed by atoms with Gasteiger partial charge in [-0.2, -0.15) is 0 Å². The summed E-state index contributed by atoms with van der Waals surface area (Å²) >= 11 is 0. The second kappa shape index (κ2) is 6.44. The molecular weight excluding hydrogens is 280 g/mol. The van der Waals surface area contributed by atoms with Crippen LogP contribution in [-0.2, 0) is 6.54 Å². The standard InChI is InChI=1S/C14H14N8/c15-11-7-19-14(8-17-11)22-13-5-12(20-9-21-13)18-6-10-1-3-16-4-2-10/h1-5,7-9H,6H2,(H2,15,17)(H2,18,19,20,21,22). The molecule has 0 bridgehead atoms. The number of hydrogen-bond acceptors (Lipinski definition) is 8. The maximum Gasteiger partial charge on any atom is 0.150 e. The molecule has 0 radical (unpaired) electrons. The van der Waals surface area contributed by atoms with Crippen LogP contribution in [0.15, 0.2) is 49.3 Å². The lowest BCUT2D eigenvalue weighted by molar-refractivity contribution is 1.07. The van der Waals surface area contributed by atoms with Gasteiger partial charge in [0.15, 0.2) is 0 Å². The normalized spacial score (nSPS) is 10.2. The van der Waals surface area contributed by atoms with E-state index >= 15 is 0 Å². The molecule has 0 amide bonds. The lowest BCUT2D eigenvalue weighted by atomic mass is 10.3. The molecule has 0 aromatic carbocycles. The summed E-state index contributed by atoms with van der Waals surface area (Å²) in [6, 6.07) is 5.67. The van der Waals surface area contributed by atoms with Crippen molar-refractivity contribution in [1.82, 2.24) is 24.9 Å². The van der Waals surface area contributed by atoms with Gasteiger partial charge in [0.1, 0.15) is 29.6 Å². The number of nitrogens with two attached hydrogens (primary N) is 1. The molecule has 3 heterocycles. The van der Waals surface area contributed by atoms with Gasteiger partial charge in [0.25, 0.3) is 0 Å². The van der Waals surface area contributed by atoms with Crippen molar-refractivity contribution >= 4 is 23.3 Å². The van der Waals surface area contributed by atoms with Gasteiger partial charge in [-0.05, 0) is 17.7 Å². The van der Waals surface area contributed by atoms with Crippen LogP contribution in [0.1, 0.15) is 5.56 Å². The van der Waals surface area contributed by atoms with Gasteiger partial charge in [-0.3, -0.25) is 4.98 Å². The monoisotopic (exact) mass is 294 g/mol. The molecule has 0 spiro atoms. The molecule has 8 nitrogen and oxygen atoms in total. The van der Waals surface area contributed by atoms with Crippen LogP contribution in [0.25, 0.3) is 0 Å². The second-order valence-corrected chi connectivity index (χ2v) is 4.45. The maximum atomic E-state index is 5.50. The topological polar surface area (TPSA) is 115 Å². The SMILES string of the molecule is Nc1cnc(Nc2cc(NCc3ccncc3)ncn2)cn1. The first-order valence-electron chi connectivity index (χ1n) is 6.59. The van der Waals surface area contributed by atoms with E-state index in [1.807, 2.05) is 12.1 Å². The predicted octanol–water partition coefficient (Wildman–Crippen LogP) is 1.60. The van der Waals surface area contributed by atoms with Gasteiger partial charge in [-0.1, -0.05) is 0 Å². The first-order valence-corrected chi connectivity index (χ1v) is 6.59. The highest BCUT2D eigenvalue weighted by Crippen LogP contribution is 2.14. The smallest absolute Gasteiger partial charge is 0.150 e. The van der Waals surface area contributed by atoms with Crippen LogP contribution in [0.5, 0.6) is 0 Å². The van der Waals surface area contributed by atoms with Gasteiger partial charge < -0.3 is 16.4 Å². The Bertz CT molecular complexity index is 729. The fraction of sp³-hybridized carbons (Fsp3) is 0.0714. The molecule has 0 unspecified atom stereocenters. The highest BCUT2D eigenvalue weighted by Gasteiger charge is 2.01. The van der Waals surface area contributed by atoms with E-state index in [0.29, 0.717) is 29.8 Å². The van der Waals surface area contributed by atoms with Gasteiger partial charge in [0, 0.05) is 25.0 Å². The van der Waals surface area contributed by atoms with Crippen LogP contribution < -0.4 is 16.4 Å². The quantitative estimate of drug-likeness (QED) is 0.650. The van der Waals surface area contributed by atoms with E-state index in [1.54, 1.807) is 24.7 Å². The van der Waals surface area contributed by atoms with Crippen LogP contribution >= 0.6 is 0 Å². The summed E-state index contributed by atoms with van der Waals surface area (Å²) in [7, 11) is 0. The van der Waals surface area contributed by atoms with Crippen molar-refractivity contribution in [2.75, 3.05) is 16.4 Å². The number of nitrogen functional groups attached to an aromatic ring is 1. The molecule has 0 atom stereocenters. The van der Waals surface area contributed by atoms with Gasteiger partial charge in [0.05, 0.1) is 12.4 Å². The molecule has 110 valence electrons. The molecule has 0 aliphatic carbocycles. The third-order valence-electron chi connectivity index (χ3n) is 2.82. The first kappa shape index (κ1) is 13.7. The summed E-state index contributed by atoms with van der Waals surface area (Å²) in [5.41, 5.74) is 6.62. The van der Waals surface area contributed by atoms with Gasteiger partial charge in [0.2, 0.25) is 0 Å². The minimum absolute atomic E-state index is 0.368. The Morgan fingerprint density at radius 2 is 1.73 bits per heavy atom. The fourth-order valence-corrected chi connectivity index (χ4v) is 1.75. The van der Waals surface area contributed by atoms with Crippen LogP contribution in [0.3, 0.4) is 0 Å². The number of anilines is 4. The Morgan fingerprint density at radius 1 is 0.909 bits per heavy atom. The second-order valence-electron chi connectivity index (χ2n) is 4.45. The lowest BCUT2D eigenvalue weighted by Gasteiger charge is -2.08. The molecule has 0 saturated carbocycles. The van der Waals surface area contributed by atoms with Crippen molar-refractivity contribution in [3.05, 3.63) is 54.9 Å². The van der Waals surface area contributed by atoms with Crippen LogP contribution in [0.4, 0.5) is 23.3 Å². The molecule has 3 aromatic rings. The molecule has 4 N–H and O–H groups in total. The fourth-order valence-electron chi connectivity index (χ4n) is 1.75. The highest BCUT2D eigenvalue weighted by molar-refractivity contribution is 5.55. The van der Waals surface area contributed by atoms with E-state index in [0.717, 1.165) is 5.56 Å². The van der Waals surface area contributed by atoms with E-state index in [9.17, 15) is 0 Å². The van der Waals surface area contributed by atoms with Crippen molar-refractivity contribution < 1.29 is 0 Å². The summed E-state index contributed by atoms with van der Waals surface area (Å²) in [5, 5.41) is 6.26. The van der Waals surface area contributed by atoms with Crippen molar-refractivity contribution in [3.63, 3.8) is 0 Å². The van der Waals surface area contributed by atoms with E-state index in [1.165, 1.54) is 12.5 Å². The summed E-state index contributed by atoms with van der Waals surface area (Å²) < 4.78 is 0. The zero-order valence-electron chi connectivity index (χ0n) is 11.6. The number of rotatable bonds is 5. The summed E-state index contributed by atoms with van der Waals surface area (Å²) in [6.45, 7) is 0.653. The number of nitrogens with zero attached hydrogens (tertiary/aromatic N) is 5. The molecular formula is C14H14N8. The molecule has 0 saturated heterocycles. The van der Waals surface area contributed by atoms with Crippen LogP contribution in [0, 0.1) is 0 Å². The Balaban J connectivity index is 1.66. The largest absolute Gasteiger partial charge is 0.382 e. The van der Waals surface area contributed by atoms with Crippen LogP contribution in [0.2, 0.25) is 0 Å². The number of aromatic nitrogens is 5. The molecule has 0 aliphatic heterocycles. The average Bonchev–Trinajstić information content (AvgIpc) is 2.57. The summed E-state index contributed by atoms with van der Waals surface area (Å²) in [4.78, 5) is 20.4. The molecule has 0 fully saturated rings. The molecule has 8 heteroatoms. The van der Waals surface area contributed by atoms with Crippen molar-refractivity contribution in [3.8, 4) is 0 Å². The van der Waals surface area contributed by atoms with Crippen molar-refractivity contribution in [2.24, 2.45) is 0 Å². The molecule has 22 heavy (non-hydrogen) atoms. The van der Waals surface area contributed by atoms with Crippen molar-refractivity contribution in [1.29, 1.82) is 0 Å². The van der Waals surface area contributed by atoms with Crippen LogP contribution in [-0.4, -0.2) is 24.9 Å². The number of pyridine rings is 1. The van der Waals surface area contributed by atoms with E-state index in [4.69, 9.17) is 5.73 Å². The van der Waals surface area contributed by atoms with Gasteiger partial charge in [-0.15, -0.1) is 0 Å². The maximum absolute atomic E-state index is 5.50. The van der Waals surface area contributed by atoms with Gasteiger partial charge in [-0.25, -0.2) is 19.9 Å². The van der Waals surface area contributed by atoms with Gasteiger partial charge >= 0.3 is 0 Å². The van der Waals surface area contributed by atoms with Crippen molar-refractivity contribution in [2.45, 2.75) is 6.54 Å². The summed E-state index contributed by atoms with van der Waals surface area (Å²) in [5.74, 6) is 2.25. The molecule has 3 aromatic heterocycles. The lowest BCUT2D eigenvalue weighted by Crippen LogP contribution is -2.04. The Hall–Kier alpha value is -3.29. The average molecular weight is 294 g/mol.